The van der Waals surface area contributed by atoms with Crippen molar-refractivity contribution in [2.45, 2.75) is 38.3 Å². The molecule has 2 amide bonds. The van der Waals surface area contributed by atoms with Crippen molar-refractivity contribution in [1.29, 1.82) is 0 Å². The van der Waals surface area contributed by atoms with Crippen LogP contribution in [0.25, 0.3) is 0 Å². The van der Waals surface area contributed by atoms with Crippen molar-refractivity contribution in [2.75, 3.05) is 13.3 Å². The molecule has 0 aliphatic carbocycles. The lowest BCUT2D eigenvalue weighted by Gasteiger charge is -2.36. The van der Waals surface area contributed by atoms with Gasteiger partial charge in [-0.05, 0) is 30.9 Å². The Morgan fingerprint density at radius 1 is 1.12 bits per heavy atom. The molecule has 9 nitrogen and oxygen atoms in total. The number of benzene rings is 2. The van der Waals surface area contributed by atoms with Gasteiger partial charge in [-0.15, -0.1) is 0 Å². The van der Waals surface area contributed by atoms with Gasteiger partial charge in [0.05, 0.1) is 0 Å². The van der Waals surface area contributed by atoms with Crippen LogP contribution in [0.3, 0.4) is 0 Å². The molecule has 174 valence electrons. The van der Waals surface area contributed by atoms with E-state index >= 15 is 0 Å². The standard InChI is InChI=1S/C24H27N3O6/c1-16-8-6-9-18(14-16)20(26-23(25)31)21(29)33-22(30)24(19-10-4-3-5-11-19)12-7-13-27(24)15-32-17(2)28/h3-6,8-11,14,20H,7,12-13,15H2,1-2H3,(H3,25,26,31). The van der Waals surface area contributed by atoms with Gasteiger partial charge < -0.3 is 20.5 Å². The molecule has 1 aliphatic heterocycles. The number of carbonyl (C=O) groups is 4. The number of nitrogens with zero attached hydrogens (tertiary/aromatic N) is 1. The van der Waals surface area contributed by atoms with Gasteiger partial charge in [-0.2, -0.15) is 0 Å². The van der Waals surface area contributed by atoms with Crippen molar-refractivity contribution in [3.05, 3.63) is 71.3 Å². The summed E-state index contributed by atoms with van der Waals surface area (Å²) in [4.78, 5) is 51.3. The Balaban J connectivity index is 1.93. The van der Waals surface area contributed by atoms with E-state index in [-0.39, 0.29) is 6.73 Å². The van der Waals surface area contributed by atoms with Gasteiger partial charge in [0.25, 0.3) is 0 Å². The Hall–Kier alpha value is -3.72. The van der Waals surface area contributed by atoms with Gasteiger partial charge in [-0.25, -0.2) is 14.4 Å². The Bertz CT molecular complexity index is 1040. The van der Waals surface area contributed by atoms with Crippen molar-refractivity contribution in [3.8, 4) is 0 Å². The summed E-state index contributed by atoms with van der Waals surface area (Å²) in [6, 6.07) is 13.6. The Morgan fingerprint density at radius 2 is 1.85 bits per heavy atom. The highest BCUT2D eigenvalue weighted by Crippen LogP contribution is 2.40. The van der Waals surface area contributed by atoms with Gasteiger partial charge in [0.2, 0.25) is 0 Å². The first kappa shape index (κ1) is 23.9. The molecular formula is C24H27N3O6. The normalized spacial score (nSPS) is 18.8. The number of amides is 2. The fraction of sp³-hybridized carbons (Fsp3) is 0.333. The van der Waals surface area contributed by atoms with E-state index in [1.54, 1.807) is 47.4 Å². The van der Waals surface area contributed by atoms with Crippen LogP contribution in [0.5, 0.6) is 0 Å². The number of carbonyl (C=O) groups excluding carboxylic acids is 4. The topological polar surface area (TPSA) is 128 Å². The van der Waals surface area contributed by atoms with Crippen molar-refractivity contribution < 1.29 is 28.7 Å². The third-order valence-electron chi connectivity index (χ3n) is 5.61. The predicted molar refractivity (Wildman–Crippen MR) is 118 cm³/mol. The molecule has 0 spiro atoms. The molecule has 1 heterocycles. The molecule has 3 rings (SSSR count). The largest absolute Gasteiger partial charge is 0.450 e. The molecule has 1 aliphatic rings. The van der Waals surface area contributed by atoms with E-state index in [4.69, 9.17) is 15.2 Å². The summed E-state index contributed by atoms with van der Waals surface area (Å²) in [5.74, 6) is -2.26. The minimum absolute atomic E-state index is 0.131. The van der Waals surface area contributed by atoms with Crippen LogP contribution in [0.2, 0.25) is 0 Å². The van der Waals surface area contributed by atoms with Crippen LogP contribution in [-0.4, -0.2) is 42.1 Å². The lowest BCUT2D eigenvalue weighted by Crippen LogP contribution is -2.51. The van der Waals surface area contributed by atoms with Gasteiger partial charge in [0, 0.05) is 13.5 Å². The maximum atomic E-state index is 13.6. The number of ether oxygens (including phenoxy) is 2. The van der Waals surface area contributed by atoms with Gasteiger partial charge >= 0.3 is 23.9 Å². The highest BCUT2D eigenvalue weighted by Gasteiger charge is 2.51. The first-order valence-electron chi connectivity index (χ1n) is 10.6. The monoisotopic (exact) mass is 453 g/mol. The smallest absolute Gasteiger partial charge is 0.341 e. The quantitative estimate of drug-likeness (QED) is 0.486. The second-order valence-corrected chi connectivity index (χ2v) is 7.92. The van der Waals surface area contributed by atoms with Crippen LogP contribution in [0.1, 0.15) is 42.5 Å². The molecule has 2 aromatic rings. The van der Waals surface area contributed by atoms with Crippen LogP contribution in [0.15, 0.2) is 54.6 Å². The fourth-order valence-electron chi connectivity index (χ4n) is 4.11. The number of esters is 3. The van der Waals surface area contributed by atoms with E-state index in [0.717, 1.165) is 5.56 Å². The molecule has 2 atom stereocenters. The lowest BCUT2D eigenvalue weighted by molar-refractivity contribution is -0.174. The fourth-order valence-corrected chi connectivity index (χ4v) is 4.11. The van der Waals surface area contributed by atoms with E-state index in [1.165, 1.54) is 6.92 Å². The summed E-state index contributed by atoms with van der Waals surface area (Å²) in [7, 11) is 0. The van der Waals surface area contributed by atoms with Crippen LogP contribution >= 0.6 is 0 Å². The first-order valence-corrected chi connectivity index (χ1v) is 10.6. The Kier molecular flexibility index (Phi) is 7.44. The number of urea groups is 1. The molecule has 0 saturated carbocycles. The summed E-state index contributed by atoms with van der Waals surface area (Å²) >= 11 is 0. The number of nitrogens with two attached hydrogens (primary N) is 1. The summed E-state index contributed by atoms with van der Waals surface area (Å²) in [5, 5.41) is 2.35. The molecule has 1 saturated heterocycles. The highest BCUT2D eigenvalue weighted by molar-refractivity contribution is 5.95. The lowest BCUT2D eigenvalue weighted by atomic mass is 9.87. The summed E-state index contributed by atoms with van der Waals surface area (Å²) in [6.45, 7) is 3.45. The molecule has 33 heavy (non-hydrogen) atoms. The van der Waals surface area contributed by atoms with Gasteiger partial charge in [0.1, 0.15) is 12.3 Å². The minimum atomic E-state index is -1.32. The zero-order chi connectivity index (χ0) is 24.0. The Labute approximate surface area is 191 Å². The van der Waals surface area contributed by atoms with Crippen LogP contribution < -0.4 is 11.1 Å². The zero-order valence-corrected chi connectivity index (χ0v) is 18.6. The number of primary amides is 1. The van der Waals surface area contributed by atoms with Gasteiger partial charge in [0.15, 0.2) is 6.04 Å². The van der Waals surface area contributed by atoms with Crippen molar-refractivity contribution in [3.63, 3.8) is 0 Å². The average molecular weight is 453 g/mol. The van der Waals surface area contributed by atoms with Crippen molar-refractivity contribution in [1.82, 2.24) is 10.2 Å². The number of nitrogens with one attached hydrogen (secondary N) is 1. The number of hydrogen-bond donors (Lipinski definition) is 2. The minimum Gasteiger partial charge on any atom is -0.450 e. The second-order valence-electron chi connectivity index (χ2n) is 7.92. The zero-order valence-electron chi connectivity index (χ0n) is 18.6. The molecule has 3 N–H and O–H groups in total. The molecular weight excluding hydrogens is 426 g/mol. The molecule has 0 bridgehead atoms. The molecule has 1 fully saturated rings. The number of likely N-dealkylation sites (tertiary alicyclic amines) is 1. The predicted octanol–water partition coefficient (Wildman–Crippen LogP) is 2.29. The summed E-state index contributed by atoms with van der Waals surface area (Å²) < 4.78 is 10.5. The molecule has 0 radical (unpaired) electrons. The van der Waals surface area contributed by atoms with Gasteiger partial charge in [-0.3, -0.25) is 9.69 Å². The van der Waals surface area contributed by atoms with E-state index in [1.807, 2.05) is 19.1 Å². The number of aryl methyl sites for hydroxylation is 1. The molecule has 2 aromatic carbocycles. The highest BCUT2D eigenvalue weighted by atomic mass is 16.6. The maximum absolute atomic E-state index is 13.6. The van der Waals surface area contributed by atoms with E-state index < -0.39 is 35.5 Å². The molecule has 2 unspecified atom stereocenters. The molecule has 9 heteroatoms. The summed E-state index contributed by atoms with van der Waals surface area (Å²) in [6.07, 6.45) is 0.989. The Morgan fingerprint density at radius 3 is 2.48 bits per heavy atom. The van der Waals surface area contributed by atoms with Crippen LogP contribution in [-0.2, 0) is 29.4 Å². The van der Waals surface area contributed by atoms with Gasteiger partial charge in [-0.1, -0.05) is 60.2 Å². The SMILES string of the molecule is CC(=O)OCN1CCCC1(C(=O)OC(=O)C(NC(N)=O)c1cccc(C)c1)c1ccccc1. The first-order chi connectivity index (χ1) is 15.7. The van der Waals surface area contributed by atoms with Crippen LogP contribution in [0, 0.1) is 6.92 Å². The third-order valence-corrected chi connectivity index (χ3v) is 5.61. The van der Waals surface area contributed by atoms with E-state index in [2.05, 4.69) is 5.32 Å². The van der Waals surface area contributed by atoms with E-state index in [0.29, 0.717) is 30.5 Å². The second kappa shape index (κ2) is 10.3. The maximum Gasteiger partial charge on any atom is 0.341 e. The number of rotatable bonds is 7. The number of hydrogen-bond acceptors (Lipinski definition) is 7. The summed E-state index contributed by atoms with van der Waals surface area (Å²) in [5.41, 5.74) is 5.84. The average Bonchev–Trinajstić information content (AvgIpc) is 3.21. The van der Waals surface area contributed by atoms with Crippen molar-refractivity contribution >= 4 is 23.9 Å². The third kappa shape index (κ3) is 5.38. The molecule has 0 aromatic heterocycles. The van der Waals surface area contributed by atoms with Crippen LogP contribution in [0.4, 0.5) is 4.79 Å². The van der Waals surface area contributed by atoms with Crippen molar-refractivity contribution in [2.24, 2.45) is 5.73 Å². The van der Waals surface area contributed by atoms with E-state index in [9.17, 15) is 19.2 Å².